The molecule has 0 aliphatic carbocycles. The second-order valence-electron chi connectivity index (χ2n) is 9.76. The number of alkyl halides is 3. The van der Waals surface area contributed by atoms with Crippen LogP contribution in [-0.4, -0.2) is 51.9 Å². The van der Waals surface area contributed by atoms with Crippen LogP contribution in [0.1, 0.15) is 67.5 Å². The van der Waals surface area contributed by atoms with Crippen LogP contribution in [0.3, 0.4) is 0 Å². The Hall–Kier alpha value is -2.85. The van der Waals surface area contributed by atoms with Crippen LogP contribution in [0.2, 0.25) is 0 Å². The molecule has 196 valence electrons. The standard InChI is InChI=1S/C26H31F3N2O5/c1-15(24(33)34)22(32)18-5-4-17-6-7-25(36-21(17)12-18)8-10-31(11-9-25)16(2)20-13-19(26(27,28)29)14-30-23(20)35-3/h4-5,12-16,22,32H,6-11H2,1-3H3,(H,33,34)/t15-,16?,22+/m0/s1. The molecule has 36 heavy (non-hydrogen) atoms. The van der Waals surface area contributed by atoms with Crippen LogP contribution in [0.4, 0.5) is 13.2 Å². The number of carboxylic acid groups (broad SMARTS) is 1. The Balaban J connectivity index is 1.48. The summed E-state index contributed by atoms with van der Waals surface area (Å²) in [6.07, 6.45) is -1.88. The minimum absolute atomic E-state index is 0.181. The van der Waals surface area contributed by atoms with Crippen molar-refractivity contribution in [2.75, 3.05) is 20.2 Å². The molecule has 1 spiro atoms. The van der Waals surface area contributed by atoms with Gasteiger partial charge in [0.25, 0.3) is 0 Å². The lowest BCUT2D eigenvalue weighted by Crippen LogP contribution is -2.50. The van der Waals surface area contributed by atoms with Crippen molar-refractivity contribution in [1.82, 2.24) is 9.88 Å². The van der Waals surface area contributed by atoms with Gasteiger partial charge in [-0.1, -0.05) is 12.1 Å². The zero-order chi connectivity index (χ0) is 26.3. The second-order valence-corrected chi connectivity index (χ2v) is 9.76. The number of aliphatic carboxylic acids is 1. The third-order valence-corrected chi connectivity index (χ3v) is 7.58. The van der Waals surface area contributed by atoms with Gasteiger partial charge in [0, 0.05) is 30.9 Å². The van der Waals surface area contributed by atoms with Crippen LogP contribution in [0, 0.1) is 5.92 Å². The van der Waals surface area contributed by atoms with E-state index in [4.69, 9.17) is 9.47 Å². The lowest BCUT2D eigenvalue weighted by atomic mass is 9.82. The van der Waals surface area contributed by atoms with Gasteiger partial charge in [0.15, 0.2) is 0 Å². The normalized spacial score (nSPS) is 20.2. The maximum absolute atomic E-state index is 13.3. The summed E-state index contributed by atoms with van der Waals surface area (Å²) in [7, 11) is 1.40. The molecule has 7 nitrogen and oxygen atoms in total. The van der Waals surface area contributed by atoms with Crippen LogP contribution in [0.5, 0.6) is 11.6 Å². The van der Waals surface area contributed by atoms with E-state index in [1.54, 1.807) is 12.1 Å². The van der Waals surface area contributed by atoms with Gasteiger partial charge in [0.2, 0.25) is 5.88 Å². The topological polar surface area (TPSA) is 92.1 Å². The molecule has 1 fully saturated rings. The number of carboxylic acids is 1. The number of aryl methyl sites for hydroxylation is 1. The fourth-order valence-corrected chi connectivity index (χ4v) is 5.09. The molecule has 3 heterocycles. The van der Waals surface area contributed by atoms with Gasteiger partial charge in [0.05, 0.1) is 24.7 Å². The molecule has 1 unspecified atom stereocenters. The molecule has 0 amide bonds. The molecule has 3 atom stereocenters. The summed E-state index contributed by atoms with van der Waals surface area (Å²) in [6.45, 7) is 4.55. The van der Waals surface area contributed by atoms with Crippen LogP contribution in [0.15, 0.2) is 30.5 Å². The van der Waals surface area contributed by atoms with Gasteiger partial charge < -0.3 is 19.7 Å². The van der Waals surface area contributed by atoms with Gasteiger partial charge >= 0.3 is 12.1 Å². The summed E-state index contributed by atoms with van der Waals surface area (Å²) in [5, 5.41) is 19.7. The summed E-state index contributed by atoms with van der Waals surface area (Å²) < 4.78 is 51.5. The first-order chi connectivity index (χ1) is 16.9. The number of pyridine rings is 1. The van der Waals surface area contributed by atoms with Crippen molar-refractivity contribution in [3.05, 3.63) is 52.7 Å². The van der Waals surface area contributed by atoms with Crippen molar-refractivity contribution >= 4 is 5.97 Å². The molecule has 1 aromatic carbocycles. The monoisotopic (exact) mass is 508 g/mol. The Kier molecular flexibility index (Phi) is 7.21. The van der Waals surface area contributed by atoms with E-state index in [1.807, 2.05) is 13.0 Å². The molecule has 2 aliphatic heterocycles. The first-order valence-corrected chi connectivity index (χ1v) is 12.0. The number of aliphatic hydroxyl groups excluding tert-OH is 1. The maximum atomic E-state index is 13.3. The molecular weight excluding hydrogens is 477 g/mol. The molecule has 2 N–H and O–H groups in total. The number of benzene rings is 1. The summed E-state index contributed by atoms with van der Waals surface area (Å²) in [5.41, 5.74) is 0.679. The predicted octanol–water partition coefficient (Wildman–Crippen LogP) is 4.78. The Morgan fingerprint density at radius 3 is 2.50 bits per heavy atom. The van der Waals surface area contributed by atoms with E-state index < -0.39 is 35.3 Å². The van der Waals surface area contributed by atoms with Crippen LogP contribution >= 0.6 is 0 Å². The van der Waals surface area contributed by atoms with Gasteiger partial charge in [-0.15, -0.1) is 0 Å². The molecule has 0 bridgehead atoms. The van der Waals surface area contributed by atoms with Crippen molar-refractivity contribution in [2.45, 2.75) is 63.5 Å². The number of nitrogens with zero attached hydrogens (tertiary/aromatic N) is 2. The first-order valence-electron chi connectivity index (χ1n) is 12.0. The SMILES string of the molecule is COc1ncc(C(F)(F)F)cc1C(C)N1CCC2(CCc3ccc([C@H](O)[C@H](C)C(=O)O)cc3O2)CC1. The molecule has 4 rings (SSSR count). The first kappa shape index (κ1) is 26.2. The highest BCUT2D eigenvalue weighted by Crippen LogP contribution is 2.43. The van der Waals surface area contributed by atoms with Crippen LogP contribution in [-0.2, 0) is 17.4 Å². The van der Waals surface area contributed by atoms with Crippen LogP contribution < -0.4 is 9.47 Å². The van der Waals surface area contributed by atoms with E-state index in [0.29, 0.717) is 42.8 Å². The molecule has 2 aliphatic rings. The highest BCUT2D eigenvalue weighted by Gasteiger charge is 2.41. The number of carbonyl (C=O) groups is 1. The van der Waals surface area contributed by atoms with E-state index in [-0.39, 0.29) is 11.9 Å². The number of aliphatic hydroxyl groups is 1. The van der Waals surface area contributed by atoms with Crippen molar-refractivity contribution in [1.29, 1.82) is 0 Å². The van der Waals surface area contributed by atoms with Gasteiger partial charge in [-0.3, -0.25) is 9.69 Å². The van der Waals surface area contributed by atoms with Crippen molar-refractivity contribution in [3.8, 4) is 11.6 Å². The lowest BCUT2D eigenvalue weighted by molar-refractivity contribution is -0.145. The number of halogens is 3. The van der Waals surface area contributed by atoms with Crippen molar-refractivity contribution in [2.24, 2.45) is 5.92 Å². The summed E-state index contributed by atoms with van der Waals surface area (Å²) in [4.78, 5) is 17.3. The predicted molar refractivity (Wildman–Crippen MR) is 125 cm³/mol. The third kappa shape index (κ3) is 5.15. The quantitative estimate of drug-likeness (QED) is 0.580. The number of methoxy groups -OCH3 is 1. The number of fused-ring (bicyclic) bond motifs is 1. The fraction of sp³-hybridized carbons (Fsp3) is 0.538. The number of aromatic nitrogens is 1. The lowest BCUT2D eigenvalue weighted by Gasteiger charge is -2.46. The molecule has 0 radical (unpaired) electrons. The maximum Gasteiger partial charge on any atom is 0.417 e. The second kappa shape index (κ2) is 9.89. The average Bonchev–Trinajstić information content (AvgIpc) is 2.86. The highest BCUT2D eigenvalue weighted by atomic mass is 19.4. The summed E-state index contributed by atoms with van der Waals surface area (Å²) in [6, 6.07) is 6.13. The molecule has 1 saturated heterocycles. The molecule has 10 heteroatoms. The van der Waals surface area contributed by atoms with E-state index in [9.17, 15) is 28.2 Å². The Labute approximate surface area is 207 Å². The smallest absolute Gasteiger partial charge is 0.417 e. The minimum Gasteiger partial charge on any atom is -0.487 e. The van der Waals surface area contributed by atoms with Gasteiger partial charge in [-0.05, 0) is 62.8 Å². The van der Waals surface area contributed by atoms with E-state index in [2.05, 4.69) is 9.88 Å². The Morgan fingerprint density at radius 1 is 1.19 bits per heavy atom. The number of hydrogen-bond donors (Lipinski definition) is 2. The van der Waals surface area contributed by atoms with Crippen LogP contribution in [0.25, 0.3) is 0 Å². The third-order valence-electron chi connectivity index (χ3n) is 7.58. The van der Waals surface area contributed by atoms with E-state index in [1.165, 1.54) is 14.0 Å². The number of ether oxygens (including phenoxy) is 2. The van der Waals surface area contributed by atoms with Gasteiger partial charge in [-0.2, -0.15) is 13.2 Å². The largest absolute Gasteiger partial charge is 0.487 e. The van der Waals surface area contributed by atoms with E-state index in [0.717, 1.165) is 30.7 Å². The number of rotatable bonds is 6. The Morgan fingerprint density at radius 2 is 1.89 bits per heavy atom. The Bertz CT molecular complexity index is 1120. The zero-order valence-electron chi connectivity index (χ0n) is 20.5. The van der Waals surface area contributed by atoms with Gasteiger partial charge in [-0.25, -0.2) is 4.98 Å². The average molecular weight is 509 g/mol. The molecule has 1 aromatic heterocycles. The fourth-order valence-electron chi connectivity index (χ4n) is 5.09. The summed E-state index contributed by atoms with van der Waals surface area (Å²) in [5.74, 6) is -1.19. The van der Waals surface area contributed by atoms with E-state index >= 15 is 0 Å². The highest BCUT2D eigenvalue weighted by molar-refractivity contribution is 5.70. The van der Waals surface area contributed by atoms with Crippen molar-refractivity contribution in [3.63, 3.8) is 0 Å². The number of piperidine rings is 1. The minimum atomic E-state index is -4.49. The molecule has 0 saturated carbocycles. The zero-order valence-corrected chi connectivity index (χ0v) is 20.5. The summed E-state index contributed by atoms with van der Waals surface area (Å²) >= 11 is 0. The molecular formula is C26H31F3N2O5. The van der Waals surface area contributed by atoms with Gasteiger partial charge in [0.1, 0.15) is 11.4 Å². The number of likely N-dealkylation sites (tertiary alicyclic amines) is 1. The molecule has 2 aromatic rings. The number of hydrogen-bond acceptors (Lipinski definition) is 6. The van der Waals surface area contributed by atoms with Crippen molar-refractivity contribution < 1.29 is 37.7 Å².